The van der Waals surface area contributed by atoms with Gasteiger partial charge in [0.25, 0.3) is 0 Å². The highest BCUT2D eigenvalue weighted by Gasteiger charge is 2.12. The summed E-state index contributed by atoms with van der Waals surface area (Å²) in [6.45, 7) is 7.32. The first-order valence-electron chi connectivity index (χ1n) is 6.82. The lowest BCUT2D eigenvalue weighted by Gasteiger charge is -2.22. The summed E-state index contributed by atoms with van der Waals surface area (Å²) in [5.74, 6) is 0.952. The second-order valence-corrected chi connectivity index (χ2v) is 5.21. The molecule has 0 spiro atoms. The summed E-state index contributed by atoms with van der Waals surface area (Å²) in [4.78, 5) is 11.3. The molecular formula is C16H22N4. The van der Waals surface area contributed by atoms with E-state index in [1.807, 2.05) is 39.1 Å². The van der Waals surface area contributed by atoms with E-state index in [4.69, 9.17) is 5.73 Å². The molecule has 0 saturated heterocycles. The molecule has 2 aromatic heterocycles. The van der Waals surface area contributed by atoms with Gasteiger partial charge in [-0.15, -0.1) is 0 Å². The van der Waals surface area contributed by atoms with Crippen molar-refractivity contribution in [3.8, 4) is 0 Å². The van der Waals surface area contributed by atoms with Crippen molar-refractivity contribution in [1.29, 1.82) is 0 Å². The van der Waals surface area contributed by atoms with E-state index in [2.05, 4.69) is 27.9 Å². The summed E-state index contributed by atoms with van der Waals surface area (Å²) in [6.07, 6.45) is 0. The molecule has 20 heavy (non-hydrogen) atoms. The SMILES string of the molecule is Cc1cccc(CN(C)c2nc(C)cc(C)c2CN)n1. The molecule has 2 heterocycles. The summed E-state index contributed by atoms with van der Waals surface area (Å²) >= 11 is 0. The van der Waals surface area contributed by atoms with Crippen LogP contribution in [0.1, 0.15) is 28.2 Å². The van der Waals surface area contributed by atoms with Crippen LogP contribution in [0, 0.1) is 20.8 Å². The number of hydrogen-bond donors (Lipinski definition) is 1. The minimum atomic E-state index is 0.500. The average Bonchev–Trinajstić information content (AvgIpc) is 2.37. The van der Waals surface area contributed by atoms with Crippen molar-refractivity contribution >= 4 is 5.82 Å². The number of pyridine rings is 2. The maximum absolute atomic E-state index is 5.87. The second kappa shape index (κ2) is 6.01. The van der Waals surface area contributed by atoms with E-state index in [1.54, 1.807) is 0 Å². The molecule has 0 bridgehead atoms. The Morgan fingerprint density at radius 1 is 1.10 bits per heavy atom. The van der Waals surface area contributed by atoms with Crippen molar-refractivity contribution in [1.82, 2.24) is 9.97 Å². The smallest absolute Gasteiger partial charge is 0.133 e. The highest BCUT2D eigenvalue weighted by atomic mass is 15.2. The van der Waals surface area contributed by atoms with Crippen molar-refractivity contribution in [2.24, 2.45) is 5.73 Å². The van der Waals surface area contributed by atoms with E-state index < -0.39 is 0 Å². The van der Waals surface area contributed by atoms with Crippen LogP contribution in [0.5, 0.6) is 0 Å². The summed E-state index contributed by atoms with van der Waals surface area (Å²) < 4.78 is 0. The Bertz CT molecular complexity index is 607. The van der Waals surface area contributed by atoms with Crippen molar-refractivity contribution in [2.75, 3.05) is 11.9 Å². The number of aryl methyl sites for hydroxylation is 3. The summed E-state index contributed by atoms with van der Waals surface area (Å²) in [5, 5.41) is 0. The van der Waals surface area contributed by atoms with Gasteiger partial charge in [-0.1, -0.05) is 6.07 Å². The summed E-state index contributed by atoms with van der Waals surface area (Å²) in [6, 6.07) is 8.15. The number of hydrogen-bond acceptors (Lipinski definition) is 4. The van der Waals surface area contributed by atoms with Crippen molar-refractivity contribution in [2.45, 2.75) is 33.9 Å². The van der Waals surface area contributed by atoms with E-state index in [1.165, 1.54) is 5.56 Å². The van der Waals surface area contributed by atoms with Crippen LogP contribution < -0.4 is 10.6 Å². The number of aromatic nitrogens is 2. The predicted octanol–water partition coefficient (Wildman–Crippen LogP) is 2.50. The second-order valence-electron chi connectivity index (χ2n) is 5.21. The van der Waals surface area contributed by atoms with Gasteiger partial charge in [0.05, 0.1) is 12.2 Å². The molecule has 0 aliphatic rings. The Morgan fingerprint density at radius 2 is 1.85 bits per heavy atom. The van der Waals surface area contributed by atoms with Crippen LogP contribution in [-0.2, 0) is 13.1 Å². The number of anilines is 1. The van der Waals surface area contributed by atoms with Crippen LogP contribution in [0.3, 0.4) is 0 Å². The Kier molecular flexibility index (Phi) is 4.35. The van der Waals surface area contributed by atoms with Crippen molar-refractivity contribution in [3.63, 3.8) is 0 Å². The topological polar surface area (TPSA) is 55.0 Å². The van der Waals surface area contributed by atoms with E-state index in [-0.39, 0.29) is 0 Å². The molecule has 106 valence electrons. The molecular weight excluding hydrogens is 248 g/mol. The molecule has 0 aromatic carbocycles. The van der Waals surface area contributed by atoms with Gasteiger partial charge in [-0.05, 0) is 44.5 Å². The summed E-state index contributed by atoms with van der Waals surface area (Å²) in [7, 11) is 2.03. The maximum atomic E-state index is 5.87. The van der Waals surface area contributed by atoms with Crippen LogP contribution in [0.25, 0.3) is 0 Å². The number of rotatable bonds is 4. The molecule has 0 unspecified atom stereocenters. The van der Waals surface area contributed by atoms with Gasteiger partial charge >= 0.3 is 0 Å². The Labute approximate surface area is 120 Å². The van der Waals surface area contributed by atoms with Gasteiger partial charge in [0, 0.05) is 30.5 Å². The molecule has 0 aliphatic carbocycles. The van der Waals surface area contributed by atoms with Crippen LogP contribution in [0.15, 0.2) is 24.3 Å². The van der Waals surface area contributed by atoms with Crippen LogP contribution >= 0.6 is 0 Å². The quantitative estimate of drug-likeness (QED) is 0.927. The fraction of sp³-hybridized carbons (Fsp3) is 0.375. The number of nitrogens with zero attached hydrogens (tertiary/aromatic N) is 3. The molecule has 0 amide bonds. The molecule has 4 heteroatoms. The van der Waals surface area contributed by atoms with Gasteiger partial charge in [0.15, 0.2) is 0 Å². The molecule has 2 aromatic rings. The zero-order chi connectivity index (χ0) is 14.7. The molecule has 0 fully saturated rings. The lowest BCUT2D eigenvalue weighted by atomic mass is 10.1. The molecule has 0 atom stereocenters. The highest BCUT2D eigenvalue weighted by Crippen LogP contribution is 2.22. The van der Waals surface area contributed by atoms with Crippen LogP contribution in [0.2, 0.25) is 0 Å². The standard InChI is InChI=1S/C16H22N4/c1-11-8-13(3)19-16(15(11)9-17)20(4)10-14-7-5-6-12(2)18-14/h5-8H,9-10,17H2,1-4H3. The maximum Gasteiger partial charge on any atom is 0.133 e. The first kappa shape index (κ1) is 14.5. The van der Waals surface area contributed by atoms with Crippen molar-refractivity contribution < 1.29 is 0 Å². The van der Waals surface area contributed by atoms with Gasteiger partial charge in [-0.2, -0.15) is 0 Å². The zero-order valence-electron chi connectivity index (χ0n) is 12.6. The fourth-order valence-corrected chi connectivity index (χ4v) is 2.42. The van der Waals surface area contributed by atoms with Gasteiger partial charge in [-0.25, -0.2) is 4.98 Å². The first-order chi connectivity index (χ1) is 9.51. The molecule has 4 nitrogen and oxygen atoms in total. The van der Waals surface area contributed by atoms with Gasteiger partial charge in [0.1, 0.15) is 5.82 Å². The molecule has 0 aliphatic heterocycles. The third-order valence-electron chi connectivity index (χ3n) is 3.36. The van der Waals surface area contributed by atoms with E-state index in [9.17, 15) is 0 Å². The predicted molar refractivity (Wildman–Crippen MR) is 82.7 cm³/mol. The minimum absolute atomic E-state index is 0.500. The third kappa shape index (κ3) is 3.14. The zero-order valence-corrected chi connectivity index (χ0v) is 12.6. The lowest BCUT2D eigenvalue weighted by molar-refractivity contribution is 0.837. The summed E-state index contributed by atoms with van der Waals surface area (Å²) in [5.41, 5.74) is 11.3. The average molecular weight is 270 g/mol. The normalized spacial score (nSPS) is 10.7. The first-order valence-corrected chi connectivity index (χ1v) is 6.82. The van der Waals surface area contributed by atoms with Gasteiger partial charge in [-0.3, -0.25) is 4.98 Å². The Balaban J connectivity index is 2.31. The molecule has 2 rings (SSSR count). The lowest BCUT2D eigenvalue weighted by Crippen LogP contribution is -2.22. The van der Waals surface area contributed by atoms with Crippen LogP contribution in [0.4, 0.5) is 5.82 Å². The highest BCUT2D eigenvalue weighted by molar-refractivity contribution is 5.51. The molecule has 0 saturated carbocycles. The molecule has 2 N–H and O–H groups in total. The Hall–Kier alpha value is -1.94. The van der Waals surface area contributed by atoms with Crippen molar-refractivity contribution in [3.05, 3.63) is 52.5 Å². The van der Waals surface area contributed by atoms with Gasteiger partial charge in [0.2, 0.25) is 0 Å². The van der Waals surface area contributed by atoms with Gasteiger partial charge < -0.3 is 10.6 Å². The molecule has 0 radical (unpaired) electrons. The third-order valence-corrected chi connectivity index (χ3v) is 3.36. The van der Waals surface area contributed by atoms with Crippen LogP contribution in [-0.4, -0.2) is 17.0 Å². The monoisotopic (exact) mass is 270 g/mol. The van der Waals surface area contributed by atoms with E-state index in [0.29, 0.717) is 6.54 Å². The Morgan fingerprint density at radius 3 is 2.50 bits per heavy atom. The minimum Gasteiger partial charge on any atom is -0.353 e. The van der Waals surface area contributed by atoms with E-state index >= 15 is 0 Å². The fourth-order valence-electron chi connectivity index (χ4n) is 2.42. The van der Waals surface area contributed by atoms with E-state index in [0.717, 1.165) is 35.0 Å². The number of nitrogens with two attached hydrogens (primary N) is 1. The largest absolute Gasteiger partial charge is 0.353 e.